The highest BCUT2D eigenvalue weighted by atomic mass is 16.6. The maximum Gasteiger partial charge on any atom is 0.412 e. The third-order valence-electron chi connectivity index (χ3n) is 3.42. The lowest BCUT2D eigenvalue weighted by Gasteiger charge is -2.17. The number of ether oxygens (including phenoxy) is 1. The highest BCUT2D eigenvalue weighted by Gasteiger charge is 2.16. The highest BCUT2D eigenvalue weighted by Crippen LogP contribution is 2.24. The van der Waals surface area contributed by atoms with E-state index in [0.717, 1.165) is 11.6 Å². The van der Waals surface area contributed by atoms with Gasteiger partial charge in [0.2, 0.25) is 0 Å². The SMILES string of the molecule is Cc1ccc(NC(=O)O[C@H](C/C=C/C(=O)O)c2ccc(O)cc2)cc1. The number of phenols is 1. The molecule has 0 spiro atoms. The van der Waals surface area contributed by atoms with E-state index >= 15 is 0 Å². The minimum absolute atomic E-state index is 0.0904. The molecular formula is C19H19NO5. The van der Waals surface area contributed by atoms with Crippen LogP contribution in [0.2, 0.25) is 0 Å². The third kappa shape index (κ3) is 6.02. The summed E-state index contributed by atoms with van der Waals surface area (Å²) < 4.78 is 5.42. The van der Waals surface area contributed by atoms with E-state index in [4.69, 9.17) is 9.84 Å². The fraction of sp³-hybridized carbons (Fsp3) is 0.158. The van der Waals surface area contributed by atoms with Crippen molar-refractivity contribution in [3.63, 3.8) is 0 Å². The molecule has 0 aliphatic rings. The van der Waals surface area contributed by atoms with Crippen LogP contribution < -0.4 is 5.32 Å². The summed E-state index contributed by atoms with van der Waals surface area (Å²) in [6.07, 6.45) is 1.28. The Morgan fingerprint density at radius 1 is 1.12 bits per heavy atom. The first-order valence-corrected chi connectivity index (χ1v) is 7.67. The van der Waals surface area contributed by atoms with E-state index < -0.39 is 18.2 Å². The zero-order chi connectivity index (χ0) is 18.2. The van der Waals surface area contributed by atoms with Gasteiger partial charge in [-0.3, -0.25) is 5.32 Å². The average Bonchev–Trinajstić information content (AvgIpc) is 2.56. The maximum absolute atomic E-state index is 12.1. The lowest BCUT2D eigenvalue weighted by Crippen LogP contribution is -2.17. The molecule has 0 unspecified atom stereocenters. The van der Waals surface area contributed by atoms with Gasteiger partial charge in [0.25, 0.3) is 0 Å². The van der Waals surface area contributed by atoms with E-state index in [1.807, 2.05) is 19.1 Å². The fourth-order valence-electron chi connectivity index (χ4n) is 2.15. The standard InChI is InChI=1S/C19H19NO5/c1-13-5-9-15(10-6-13)20-19(24)25-17(3-2-4-18(22)23)14-7-11-16(21)12-8-14/h2,4-12,17,21H,3H2,1H3,(H,20,24)(H,22,23)/b4-2+/t17-/m1/s1. The van der Waals surface area contributed by atoms with E-state index in [-0.39, 0.29) is 12.2 Å². The van der Waals surface area contributed by atoms with Crippen molar-refractivity contribution in [3.05, 3.63) is 71.8 Å². The molecule has 0 aromatic heterocycles. The molecule has 1 atom stereocenters. The molecule has 0 aliphatic heterocycles. The Kier molecular flexibility index (Phi) is 6.17. The molecule has 0 radical (unpaired) electrons. The molecule has 0 aliphatic carbocycles. The van der Waals surface area contributed by atoms with E-state index in [1.54, 1.807) is 24.3 Å². The normalized spacial score (nSPS) is 11.9. The number of carbonyl (C=O) groups excluding carboxylic acids is 1. The van der Waals surface area contributed by atoms with Crippen LogP contribution in [0.1, 0.15) is 23.7 Å². The number of hydrogen-bond acceptors (Lipinski definition) is 4. The van der Waals surface area contributed by atoms with Gasteiger partial charge >= 0.3 is 12.1 Å². The van der Waals surface area contributed by atoms with Gasteiger partial charge in [-0.15, -0.1) is 0 Å². The van der Waals surface area contributed by atoms with Crippen LogP contribution in [0.4, 0.5) is 10.5 Å². The molecule has 2 rings (SSSR count). The number of carbonyl (C=O) groups is 2. The van der Waals surface area contributed by atoms with Crippen LogP contribution >= 0.6 is 0 Å². The Bertz CT molecular complexity index is 750. The number of carboxylic acid groups (broad SMARTS) is 1. The third-order valence-corrected chi connectivity index (χ3v) is 3.42. The molecule has 25 heavy (non-hydrogen) atoms. The van der Waals surface area contributed by atoms with Crippen molar-refractivity contribution in [2.75, 3.05) is 5.32 Å². The molecule has 0 bridgehead atoms. The molecule has 1 amide bonds. The van der Waals surface area contributed by atoms with Crippen molar-refractivity contribution in [3.8, 4) is 5.75 Å². The van der Waals surface area contributed by atoms with Crippen molar-refractivity contribution in [2.45, 2.75) is 19.4 Å². The smallest absolute Gasteiger partial charge is 0.412 e. The molecule has 2 aromatic rings. The largest absolute Gasteiger partial charge is 0.508 e. The predicted octanol–water partition coefficient (Wildman–Crippen LogP) is 4.02. The number of aliphatic carboxylic acids is 1. The molecule has 130 valence electrons. The molecule has 0 heterocycles. The second kappa shape index (κ2) is 8.54. The molecule has 6 nitrogen and oxygen atoms in total. The van der Waals surface area contributed by atoms with Crippen LogP contribution in [0.5, 0.6) is 5.75 Å². The predicted molar refractivity (Wildman–Crippen MR) is 93.5 cm³/mol. The first-order valence-electron chi connectivity index (χ1n) is 7.67. The Labute approximate surface area is 145 Å². The minimum atomic E-state index is -1.08. The summed E-state index contributed by atoms with van der Waals surface area (Å²) in [7, 11) is 0. The number of phenolic OH excluding ortho intramolecular Hbond substituents is 1. The van der Waals surface area contributed by atoms with Gasteiger partial charge in [-0.05, 0) is 36.8 Å². The van der Waals surface area contributed by atoms with Crippen LogP contribution in [0.25, 0.3) is 0 Å². The van der Waals surface area contributed by atoms with Gasteiger partial charge in [-0.2, -0.15) is 0 Å². The Hall–Kier alpha value is -3.28. The van der Waals surface area contributed by atoms with E-state index in [9.17, 15) is 14.7 Å². The Morgan fingerprint density at radius 2 is 1.76 bits per heavy atom. The van der Waals surface area contributed by atoms with Gasteiger partial charge in [0, 0.05) is 18.2 Å². The number of carboxylic acids is 1. The maximum atomic E-state index is 12.1. The number of nitrogens with one attached hydrogen (secondary N) is 1. The van der Waals surface area contributed by atoms with Gasteiger partial charge in [0.15, 0.2) is 0 Å². The number of rotatable bonds is 6. The number of benzene rings is 2. The van der Waals surface area contributed by atoms with Crippen molar-refractivity contribution < 1.29 is 24.5 Å². The van der Waals surface area contributed by atoms with Gasteiger partial charge in [0.1, 0.15) is 11.9 Å². The molecule has 6 heteroatoms. The molecule has 2 aromatic carbocycles. The Balaban J connectivity index is 2.08. The first-order chi connectivity index (χ1) is 11.9. The van der Waals surface area contributed by atoms with Gasteiger partial charge < -0.3 is 14.9 Å². The fourth-order valence-corrected chi connectivity index (χ4v) is 2.15. The molecule has 0 fully saturated rings. The van der Waals surface area contributed by atoms with Gasteiger partial charge in [0.05, 0.1) is 0 Å². The van der Waals surface area contributed by atoms with Crippen LogP contribution in [0.15, 0.2) is 60.7 Å². The second-order valence-corrected chi connectivity index (χ2v) is 5.45. The minimum Gasteiger partial charge on any atom is -0.508 e. The number of aryl methyl sites for hydroxylation is 1. The summed E-state index contributed by atoms with van der Waals surface area (Å²) >= 11 is 0. The number of aromatic hydroxyl groups is 1. The van der Waals surface area contributed by atoms with E-state index in [0.29, 0.717) is 11.3 Å². The summed E-state index contributed by atoms with van der Waals surface area (Å²) in [5.74, 6) is -0.985. The lowest BCUT2D eigenvalue weighted by atomic mass is 10.1. The summed E-state index contributed by atoms with van der Waals surface area (Å²) in [6.45, 7) is 1.94. The zero-order valence-corrected chi connectivity index (χ0v) is 13.7. The molecular weight excluding hydrogens is 322 g/mol. The molecule has 0 saturated carbocycles. The lowest BCUT2D eigenvalue weighted by molar-refractivity contribution is -0.131. The van der Waals surface area contributed by atoms with Crippen molar-refractivity contribution in [1.82, 2.24) is 0 Å². The highest BCUT2D eigenvalue weighted by molar-refractivity contribution is 5.84. The van der Waals surface area contributed by atoms with Crippen LogP contribution in [-0.4, -0.2) is 22.3 Å². The Morgan fingerprint density at radius 3 is 2.36 bits per heavy atom. The monoisotopic (exact) mass is 341 g/mol. The van der Waals surface area contributed by atoms with Crippen molar-refractivity contribution >= 4 is 17.7 Å². The van der Waals surface area contributed by atoms with Crippen molar-refractivity contribution in [2.24, 2.45) is 0 Å². The average molecular weight is 341 g/mol. The first kappa shape index (κ1) is 18.1. The topological polar surface area (TPSA) is 95.9 Å². The number of amides is 1. The summed E-state index contributed by atoms with van der Waals surface area (Å²) in [6, 6.07) is 13.4. The summed E-state index contributed by atoms with van der Waals surface area (Å²) in [5.41, 5.74) is 2.31. The molecule has 0 saturated heterocycles. The van der Waals surface area contributed by atoms with Crippen LogP contribution in [0, 0.1) is 6.92 Å². The summed E-state index contributed by atoms with van der Waals surface area (Å²) in [5, 5.41) is 20.7. The van der Waals surface area contributed by atoms with Crippen LogP contribution in [0.3, 0.4) is 0 Å². The van der Waals surface area contributed by atoms with Crippen molar-refractivity contribution in [1.29, 1.82) is 0 Å². The number of anilines is 1. The van der Waals surface area contributed by atoms with Gasteiger partial charge in [-0.1, -0.05) is 35.9 Å². The summed E-state index contributed by atoms with van der Waals surface area (Å²) in [4.78, 5) is 22.7. The van der Waals surface area contributed by atoms with E-state index in [1.165, 1.54) is 18.2 Å². The quantitative estimate of drug-likeness (QED) is 0.690. The second-order valence-electron chi connectivity index (χ2n) is 5.45. The number of hydrogen-bond donors (Lipinski definition) is 3. The van der Waals surface area contributed by atoms with Gasteiger partial charge in [-0.25, -0.2) is 9.59 Å². The van der Waals surface area contributed by atoms with Crippen LogP contribution in [-0.2, 0) is 9.53 Å². The van der Waals surface area contributed by atoms with E-state index in [2.05, 4.69) is 5.32 Å². The molecule has 3 N–H and O–H groups in total. The zero-order valence-electron chi connectivity index (χ0n) is 13.7.